The molecule has 25 heavy (non-hydrogen) atoms. The molecule has 1 saturated carbocycles. The maximum atomic E-state index is 13.0. The smallest absolute Gasteiger partial charge is 0.240 e. The number of ketones is 1. The first-order valence-electron chi connectivity index (χ1n) is 8.94. The second kappa shape index (κ2) is 7.62. The number of hydrogen-bond donors (Lipinski definition) is 1. The lowest BCUT2D eigenvalue weighted by atomic mass is 9.74. The highest BCUT2D eigenvalue weighted by molar-refractivity contribution is 5.97. The van der Waals surface area contributed by atoms with E-state index in [4.69, 9.17) is 4.74 Å². The summed E-state index contributed by atoms with van der Waals surface area (Å²) in [4.78, 5) is 27.4. The molecule has 1 saturated heterocycles. The number of nitrogens with zero attached hydrogens (tertiary/aromatic N) is 1. The van der Waals surface area contributed by atoms with Crippen LogP contribution in [0, 0.1) is 5.82 Å². The van der Waals surface area contributed by atoms with Gasteiger partial charge in [-0.15, -0.1) is 0 Å². The second-order valence-electron chi connectivity index (χ2n) is 6.99. The number of carbonyl (C=O) groups excluding carboxylic acids is 2. The van der Waals surface area contributed by atoms with E-state index in [1.54, 1.807) is 0 Å². The summed E-state index contributed by atoms with van der Waals surface area (Å²) in [6.45, 7) is 4.71. The van der Waals surface area contributed by atoms with Crippen molar-refractivity contribution in [1.29, 1.82) is 0 Å². The average molecular weight is 348 g/mol. The van der Waals surface area contributed by atoms with E-state index in [0.29, 0.717) is 18.8 Å². The van der Waals surface area contributed by atoms with Gasteiger partial charge >= 0.3 is 0 Å². The molecule has 1 aliphatic carbocycles. The van der Waals surface area contributed by atoms with Crippen molar-refractivity contribution in [3.8, 4) is 0 Å². The molecule has 1 aromatic rings. The molecule has 0 aromatic heterocycles. The minimum absolute atomic E-state index is 0.0139. The summed E-state index contributed by atoms with van der Waals surface area (Å²) in [6, 6.07) is 5.25. The average Bonchev–Trinajstić information content (AvgIpc) is 2.55. The molecule has 1 aliphatic heterocycles. The van der Waals surface area contributed by atoms with Crippen molar-refractivity contribution in [2.75, 3.05) is 26.3 Å². The number of morpholine rings is 1. The summed E-state index contributed by atoms with van der Waals surface area (Å²) in [5.74, 6) is -0.447. The maximum absolute atomic E-state index is 13.0. The van der Waals surface area contributed by atoms with E-state index in [0.717, 1.165) is 32.4 Å². The van der Waals surface area contributed by atoms with Crippen molar-refractivity contribution in [2.24, 2.45) is 0 Å². The Morgan fingerprint density at radius 1 is 1.24 bits per heavy atom. The third kappa shape index (κ3) is 3.90. The van der Waals surface area contributed by atoms with Crippen LogP contribution in [0.1, 0.15) is 43.0 Å². The van der Waals surface area contributed by atoms with E-state index >= 15 is 0 Å². The molecule has 136 valence electrons. The molecule has 0 unspecified atom stereocenters. The zero-order valence-corrected chi connectivity index (χ0v) is 14.6. The molecule has 2 fully saturated rings. The second-order valence-corrected chi connectivity index (χ2v) is 6.99. The van der Waals surface area contributed by atoms with E-state index in [2.05, 4.69) is 10.2 Å². The Morgan fingerprint density at radius 3 is 2.44 bits per heavy atom. The lowest BCUT2D eigenvalue weighted by molar-refractivity contribution is -0.145. The van der Waals surface area contributed by atoms with Gasteiger partial charge in [0.25, 0.3) is 0 Å². The molecule has 1 heterocycles. The van der Waals surface area contributed by atoms with Gasteiger partial charge in [0.05, 0.1) is 13.2 Å². The third-order valence-electron chi connectivity index (χ3n) is 5.26. The van der Waals surface area contributed by atoms with Crippen molar-refractivity contribution in [3.63, 3.8) is 0 Å². The fraction of sp³-hybridized carbons (Fsp3) is 0.579. The molecule has 1 aromatic carbocycles. The first kappa shape index (κ1) is 18.0. The van der Waals surface area contributed by atoms with E-state index in [9.17, 15) is 14.0 Å². The van der Waals surface area contributed by atoms with Gasteiger partial charge in [-0.1, -0.05) is 0 Å². The van der Waals surface area contributed by atoms with E-state index < -0.39 is 5.54 Å². The molecule has 0 radical (unpaired) electrons. The van der Waals surface area contributed by atoms with Crippen LogP contribution in [-0.2, 0) is 9.53 Å². The molecule has 3 rings (SSSR count). The number of hydrogen-bond acceptors (Lipinski definition) is 4. The standard InChI is InChI=1S/C19H25FN2O3/c1-14(13-17(23)15-3-5-16(20)6-4-15)21-18(24)19(7-2-8-19)22-9-11-25-12-10-22/h3-6,14H,2,7-13H2,1H3,(H,21,24)/t14-/m0/s1. The Hall–Kier alpha value is -1.79. The molecule has 6 heteroatoms. The van der Waals surface area contributed by atoms with Crippen LogP contribution < -0.4 is 5.32 Å². The highest BCUT2D eigenvalue weighted by Crippen LogP contribution is 2.38. The van der Waals surface area contributed by atoms with Crippen LogP contribution in [-0.4, -0.2) is 54.5 Å². The zero-order chi connectivity index (χ0) is 17.9. The van der Waals surface area contributed by atoms with Gasteiger partial charge in [-0.05, 0) is 50.5 Å². The molecule has 0 bridgehead atoms. The summed E-state index contributed by atoms with van der Waals surface area (Å²) < 4.78 is 18.3. The predicted octanol–water partition coefficient (Wildman–Crippen LogP) is 2.16. The first-order chi connectivity index (χ1) is 12.0. The van der Waals surface area contributed by atoms with Gasteiger partial charge in [-0.2, -0.15) is 0 Å². The van der Waals surface area contributed by atoms with Gasteiger partial charge in [0.2, 0.25) is 5.91 Å². The largest absolute Gasteiger partial charge is 0.379 e. The monoisotopic (exact) mass is 348 g/mol. The fourth-order valence-corrected chi connectivity index (χ4v) is 3.63. The molecule has 1 amide bonds. The number of halogens is 1. The summed E-state index contributed by atoms with van der Waals surface area (Å²) in [7, 11) is 0. The number of Topliss-reactive ketones (excluding diaryl/α,β-unsaturated/α-hetero) is 1. The lowest BCUT2D eigenvalue weighted by Crippen LogP contribution is -2.65. The number of nitrogens with one attached hydrogen (secondary N) is 1. The summed E-state index contributed by atoms with van der Waals surface area (Å²) in [5, 5.41) is 3.02. The molecular formula is C19H25FN2O3. The number of ether oxygens (including phenoxy) is 1. The number of rotatable bonds is 6. The highest BCUT2D eigenvalue weighted by atomic mass is 19.1. The Balaban J connectivity index is 1.57. The van der Waals surface area contributed by atoms with Crippen LogP contribution in [0.2, 0.25) is 0 Å². The van der Waals surface area contributed by atoms with Crippen molar-refractivity contribution in [1.82, 2.24) is 10.2 Å². The number of carbonyl (C=O) groups is 2. The van der Waals surface area contributed by atoms with Crippen LogP contribution >= 0.6 is 0 Å². The van der Waals surface area contributed by atoms with Gasteiger partial charge in [0.1, 0.15) is 11.4 Å². The van der Waals surface area contributed by atoms with Gasteiger partial charge in [-0.25, -0.2) is 4.39 Å². The van der Waals surface area contributed by atoms with Crippen LogP contribution in [0.4, 0.5) is 4.39 Å². The van der Waals surface area contributed by atoms with Crippen LogP contribution in [0.3, 0.4) is 0 Å². The number of amides is 1. The van der Waals surface area contributed by atoms with Crippen LogP contribution in [0.5, 0.6) is 0 Å². The molecule has 5 nitrogen and oxygen atoms in total. The normalized spacial score (nSPS) is 21.2. The molecule has 1 N–H and O–H groups in total. The summed E-state index contributed by atoms with van der Waals surface area (Å²) in [5.41, 5.74) is 0.0331. The summed E-state index contributed by atoms with van der Waals surface area (Å²) >= 11 is 0. The lowest BCUT2D eigenvalue weighted by Gasteiger charge is -2.50. The van der Waals surface area contributed by atoms with Gasteiger partial charge in [0, 0.05) is 31.1 Å². The minimum Gasteiger partial charge on any atom is -0.379 e. The quantitative estimate of drug-likeness (QED) is 0.801. The Morgan fingerprint density at radius 2 is 1.88 bits per heavy atom. The van der Waals surface area contributed by atoms with Gasteiger partial charge < -0.3 is 10.1 Å². The Labute approximate surface area is 147 Å². The van der Waals surface area contributed by atoms with E-state index in [-0.39, 0.29) is 30.0 Å². The van der Waals surface area contributed by atoms with Crippen molar-refractivity contribution in [3.05, 3.63) is 35.6 Å². The van der Waals surface area contributed by atoms with E-state index in [1.807, 2.05) is 6.92 Å². The molecular weight excluding hydrogens is 323 g/mol. The highest BCUT2D eigenvalue weighted by Gasteiger charge is 2.49. The van der Waals surface area contributed by atoms with Crippen LogP contribution in [0.15, 0.2) is 24.3 Å². The zero-order valence-electron chi connectivity index (χ0n) is 14.6. The van der Waals surface area contributed by atoms with Crippen molar-refractivity contribution in [2.45, 2.75) is 44.2 Å². The first-order valence-corrected chi connectivity index (χ1v) is 8.94. The van der Waals surface area contributed by atoms with E-state index in [1.165, 1.54) is 24.3 Å². The van der Waals surface area contributed by atoms with Crippen molar-refractivity contribution < 1.29 is 18.7 Å². The topological polar surface area (TPSA) is 58.6 Å². The molecule has 0 spiro atoms. The Bertz CT molecular complexity index is 622. The van der Waals surface area contributed by atoms with Gasteiger partial charge in [0.15, 0.2) is 5.78 Å². The fourth-order valence-electron chi connectivity index (χ4n) is 3.63. The number of benzene rings is 1. The summed E-state index contributed by atoms with van der Waals surface area (Å²) in [6.07, 6.45) is 2.97. The van der Waals surface area contributed by atoms with Crippen molar-refractivity contribution >= 4 is 11.7 Å². The van der Waals surface area contributed by atoms with Crippen LogP contribution in [0.25, 0.3) is 0 Å². The maximum Gasteiger partial charge on any atom is 0.240 e. The Kier molecular flexibility index (Phi) is 5.49. The molecule has 1 atom stereocenters. The molecule has 2 aliphatic rings. The van der Waals surface area contributed by atoms with Gasteiger partial charge in [-0.3, -0.25) is 14.5 Å². The third-order valence-corrected chi connectivity index (χ3v) is 5.26. The SMILES string of the molecule is C[C@@H](CC(=O)c1ccc(F)cc1)NC(=O)C1(N2CCOCC2)CCC1. The minimum atomic E-state index is -0.434. The predicted molar refractivity (Wildman–Crippen MR) is 91.9 cm³/mol.